The van der Waals surface area contributed by atoms with Crippen LogP contribution in [-0.2, 0) is 9.59 Å². The monoisotopic (exact) mass is 470 g/mol. The third-order valence-electron chi connectivity index (χ3n) is 6.12. The SMILES string of the molecule is Cc1cc(/C(O)=C2/C(=O)C(=O)N(c3ccc(C(C)C)cc3)C2c2ccncc2)ccc1OC(C)C. The lowest BCUT2D eigenvalue weighted by atomic mass is 9.95. The summed E-state index contributed by atoms with van der Waals surface area (Å²) in [5.41, 5.74) is 3.72. The molecule has 1 N–H and O–H groups in total. The number of rotatable bonds is 6. The molecule has 1 aliphatic heterocycles. The predicted molar refractivity (Wildman–Crippen MR) is 136 cm³/mol. The minimum Gasteiger partial charge on any atom is -0.507 e. The largest absolute Gasteiger partial charge is 0.507 e. The van der Waals surface area contributed by atoms with Gasteiger partial charge in [-0.2, -0.15) is 0 Å². The van der Waals surface area contributed by atoms with E-state index < -0.39 is 17.7 Å². The van der Waals surface area contributed by atoms with E-state index in [4.69, 9.17) is 4.74 Å². The Morgan fingerprint density at radius 1 is 0.971 bits per heavy atom. The van der Waals surface area contributed by atoms with Crippen LogP contribution in [0.5, 0.6) is 5.75 Å². The minimum atomic E-state index is -0.783. The summed E-state index contributed by atoms with van der Waals surface area (Å²) in [4.78, 5) is 32.1. The van der Waals surface area contributed by atoms with Crippen molar-refractivity contribution in [2.24, 2.45) is 0 Å². The first-order chi connectivity index (χ1) is 16.7. The molecule has 1 atom stereocenters. The number of pyridine rings is 1. The van der Waals surface area contributed by atoms with Crippen LogP contribution in [0.25, 0.3) is 5.76 Å². The number of hydrogen-bond donors (Lipinski definition) is 1. The molecule has 1 aromatic heterocycles. The Morgan fingerprint density at radius 3 is 2.20 bits per heavy atom. The lowest BCUT2D eigenvalue weighted by Gasteiger charge is -2.25. The second-order valence-corrected chi connectivity index (χ2v) is 9.34. The van der Waals surface area contributed by atoms with Gasteiger partial charge in [0.25, 0.3) is 11.7 Å². The van der Waals surface area contributed by atoms with Gasteiger partial charge in [0.15, 0.2) is 0 Å². The highest BCUT2D eigenvalue weighted by Gasteiger charge is 2.47. The van der Waals surface area contributed by atoms with Crippen LogP contribution in [0.3, 0.4) is 0 Å². The first-order valence-corrected chi connectivity index (χ1v) is 11.8. The third-order valence-corrected chi connectivity index (χ3v) is 6.12. The number of amides is 1. The predicted octanol–water partition coefficient (Wildman–Crippen LogP) is 5.93. The van der Waals surface area contributed by atoms with E-state index in [0.29, 0.717) is 28.5 Å². The zero-order chi connectivity index (χ0) is 25.3. The number of aryl methyl sites for hydroxylation is 1. The van der Waals surface area contributed by atoms with Crippen molar-refractivity contribution in [2.45, 2.75) is 52.7 Å². The van der Waals surface area contributed by atoms with Crippen LogP contribution in [0, 0.1) is 6.92 Å². The summed E-state index contributed by atoms with van der Waals surface area (Å²) in [6.07, 6.45) is 3.23. The fourth-order valence-corrected chi connectivity index (χ4v) is 4.32. The normalized spacial score (nSPS) is 17.5. The van der Waals surface area contributed by atoms with Crippen LogP contribution in [0.15, 0.2) is 72.6 Å². The maximum atomic E-state index is 13.3. The van der Waals surface area contributed by atoms with Crippen molar-refractivity contribution in [3.05, 3.63) is 94.8 Å². The zero-order valence-corrected chi connectivity index (χ0v) is 20.6. The van der Waals surface area contributed by atoms with E-state index in [1.54, 1.807) is 42.7 Å². The van der Waals surface area contributed by atoms with Crippen molar-refractivity contribution in [3.63, 3.8) is 0 Å². The first kappa shape index (κ1) is 24.2. The average Bonchev–Trinajstić information content (AvgIpc) is 3.10. The van der Waals surface area contributed by atoms with Gasteiger partial charge < -0.3 is 9.84 Å². The molecule has 0 spiro atoms. The minimum absolute atomic E-state index is 0.00671. The maximum absolute atomic E-state index is 13.3. The number of hydrogen-bond acceptors (Lipinski definition) is 5. The number of carbonyl (C=O) groups excluding carboxylic acids is 2. The summed E-state index contributed by atoms with van der Waals surface area (Å²) in [7, 11) is 0. The van der Waals surface area contributed by atoms with Gasteiger partial charge in [0.1, 0.15) is 11.5 Å². The van der Waals surface area contributed by atoms with Gasteiger partial charge >= 0.3 is 0 Å². The molecule has 1 unspecified atom stereocenters. The van der Waals surface area contributed by atoms with Crippen LogP contribution in [0.2, 0.25) is 0 Å². The van der Waals surface area contributed by atoms with Crippen LogP contribution >= 0.6 is 0 Å². The van der Waals surface area contributed by atoms with E-state index in [-0.39, 0.29) is 17.4 Å². The molecule has 0 aliphatic carbocycles. The van der Waals surface area contributed by atoms with Gasteiger partial charge in [0.2, 0.25) is 0 Å². The Kier molecular flexibility index (Phi) is 6.74. The maximum Gasteiger partial charge on any atom is 0.300 e. The van der Waals surface area contributed by atoms with Gasteiger partial charge in [-0.15, -0.1) is 0 Å². The fourth-order valence-electron chi connectivity index (χ4n) is 4.32. The summed E-state index contributed by atoms with van der Waals surface area (Å²) in [5.74, 6) is -0.584. The van der Waals surface area contributed by atoms with Crippen molar-refractivity contribution in [1.29, 1.82) is 0 Å². The number of aromatic nitrogens is 1. The van der Waals surface area contributed by atoms with Gasteiger partial charge in [0, 0.05) is 23.6 Å². The fraction of sp³-hybridized carbons (Fsp3) is 0.276. The van der Waals surface area contributed by atoms with Crippen LogP contribution in [0.1, 0.15) is 61.9 Å². The molecule has 6 heteroatoms. The van der Waals surface area contributed by atoms with Crippen LogP contribution < -0.4 is 9.64 Å². The molecule has 3 aromatic rings. The smallest absolute Gasteiger partial charge is 0.300 e. The summed E-state index contributed by atoms with van der Waals surface area (Å²) in [5, 5.41) is 11.3. The summed E-state index contributed by atoms with van der Waals surface area (Å²) in [6.45, 7) is 9.95. The quantitative estimate of drug-likeness (QED) is 0.275. The molecule has 0 bridgehead atoms. The van der Waals surface area contributed by atoms with Crippen molar-refractivity contribution in [3.8, 4) is 5.75 Å². The molecule has 4 rings (SSSR count). The molecule has 2 aromatic carbocycles. The number of ether oxygens (including phenoxy) is 1. The molecule has 1 aliphatic rings. The van der Waals surface area contributed by atoms with Crippen molar-refractivity contribution < 1.29 is 19.4 Å². The number of aliphatic hydroxyl groups is 1. The van der Waals surface area contributed by atoms with E-state index in [9.17, 15) is 14.7 Å². The van der Waals surface area contributed by atoms with Gasteiger partial charge in [-0.1, -0.05) is 26.0 Å². The Labute approximate surface area is 205 Å². The topological polar surface area (TPSA) is 79.7 Å². The molecule has 1 amide bonds. The third kappa shape index (κ3) is 4.69. The Hall–Kier alpha value is -3.93. The molecule has 0 saturated carbocycles. The van der Waals surface area contributed by atoms with E-state index >= 15 is 0 Å². The van der Waals surface area contributed by atoms with E-state index in [0.717, 1.165) is 11.1 Å². The van der Waals surface area contributed by atoms with Gasteiger partial charge in [0.05, 0.1) is 17.7 Å². The molecule has 1 fully saturated rings. The van der Waals surface area contributed by atoms with E-state index in [2.05, 4.69) is 18.8 Å². The molecule has 180 valence electrons. The van der Waals surface area contributed by atoms with Gasteiger partial charge in [-0.25, -0.2) is 0 Å². The second kappa shape index (κ2) is 9.74. The van der Waals surface area contributed by atoms with Crippen LogP contribution in [0.4, 0.5) is 5.69 Å². The number of Topliss-reactive ketones (excluding diaryl/α,β-unsaturated/α-hetero) is 1. The number of benzene rings is 2. The Morgan fingerprint density at radius 2 is 1.63 bits per heavy atom. The number of aliphatic hydroxyl groups excluding tert-OH is 1. The Bertz CT molecular complexity index is 1280. The van der Waals surface area contributed by atoms with E-state index in [1.807, 2.05) is 45.0 Å². The lowest BCUT2D eigenvalue weighted by molar-refractivity contribution is -0.132. The summed E-state index contributed by atoms with van der Waals surface area (Å²) in [6, 6.07) is 15.6. The molecular weight excluding hydrogens is 440 g/mol. The average molecular weight is 471 g/mol. The molecule has 6 nitrogen and oxygen atoms in total. The van der Waals surface area contributed by atoms with Crippen LogP contribution in [-0.4, -0.2) is 27.9 Å². The van der Waals surface area contributed by atoms with E-state index in [1.165, 1.54) is 4.90 Å². The highest BCUT2D eigenvalue weighted by molar-refractivity contribution is 6.51. The molecule has 2 heterocycles. The molecular formula is C29H30N2O4. The highest BCUT2D eigenvalue weighted by atomic mass is 16.5. The summed E-state index contributed by atoms with van der Waals surface area (Å²) < 4.78 is 5.80. The number of ketones is 1. The molecule has 35 heavy (non-hydrogen) atoms. The van der Waals surface area contributed by atoms with Crippen molar-refractivity contribution >= 4 is 23.1 Å². The first-order valence-electron chi connectivity index (χ1n) is 11.8. The second-order valence-electron chi connectivity index (χ2n) is 9.34. The zero-order valence-electron chi connectivity index (χ0n) is 20.6. The van der Waals surface area contributed by atoms with Crippen molar-refractivity contribution in [2.75, 3.05) is 4.90 Å². The standard InChI is InChI=1S/C29H30N2O4/c1-17(2)20-6-9-23(10-7-20)31-26(21-12-14-30-15-13-21)25(28(33)29(31)34)27(32)22-8-11-24(19(5)16-22)35-18(3)4/h6-18,26,32H,1-5H3/b27-25-. The molecule has 1 saturated heterocycles. The highest BCUT2D eigenvalue weighted by Crippen LogP contribution is 2.42. The Balaban J connectivity index is 1.85. The lowest BCUT2D eigenvalue weighted by Crippen LogP contribution is -2.29. The van der Waals surface area contributed by atoms with Crippen molar-refractivity contribution in [1.82, 2.24) is 4.98 Å². The molecule has 0 radical (unpaired) electrons. The van der Waals surface area contributed by atoms with Gasteiger partial charge in [-0.05, 0) is 85.8 Å². The van der Waals surface area contributed by atoms with Gasteiger partial charge in [-0.3, -0.25) is 19.5 Å². The number of carbonyl (C=O) groups is 2. The number of anilines is 1. The summed E-state index contributed by atoms with van der Waals surface area (Å²) >= 11 is 0. The number of nitrogens with zero attached hydrogens (tertiary/aromatic N) is 2.